The van der Waals surface area contributed by atoms with Gasteiger partial charge >= 0.3 is 0 Å². The van der Waals surface area contributed by atoms with Crippen LogP contribution in [0.4, 0.5) is 5.88 Å². The standard InChI is InChI=1S/C10H14N2O2S/c1-6-7(2)12-14-10(6)11-9(13)8-4-3-5-15-8/h8H,3-5H2,1-2H3,(H,11,13). The molecular weight excluding hydrogens is 212 g/mol. The SMILES string of the molecule is Cc1noc(NC(=O)C2CCCS2)c1C. The van der Waals surface area contributed by atoms with Crippen LogP contribution in [-0.2, 0) is 4.79 Å². The Kier molecular flexibility index (Phi) is 3.00. The van der Waals surface area contributed by atoms with E-state index < -0.39 is 0 Å². The number of nitrogens with one attached hydrogen (secondary N) is 1. The first kappa shape index (κ1) is 10.5. The zero-order valence-corrected chi connectivity index (χ0v) is 9.69. The van der Waals surface area contributed by atoms with Gasteiger partial charge in [-0.3, -0.25) is 10.1 Å². The van der Waals surface area contributed by atoms with Gasteiger partial charge in [-0.05, 0) is 32.4 Å². The highest BCUT2D eigenvalue weighted by Gasteiger charge is 2.24. The number of thioether (sulfide) groups is 1. The Morgan fingerprint density at radius 2 is 2.40 bits per heavy atom. The van der Waals surface area contributed by atoms with E-state index in [-0.39, 0.29) is 11.2 Å². The summed E-state index contributed by atoms with van der Waals surface area (Å²) in [7, 11) is 0. The van der Waals surface area contributed by atoms with Gasteiger partial charge in [0.25, 0.3) is 0 Å². The fourth-order valence-corrected chi connectivity index (χ4v) is 2.67. The molecule has 2 heterocycles. The molecule has 0 spiro atoms. The third kappa shape index (κ3) is 2.17. The first-order valence-corrected chi connectivity index (χ1v) is 6.08. The number of amides is 1. The molecule has 1 amide bonds. The van der Waals surface area contributed by atoms with Crippen molar-refractivity contribution in [2.45, 2.75) is 31.9 Å². The molecule has 1 fully saturated rings. The van der Waals surface area contributed by atoms with Crippen molar-refractivity contribution in [2.24, 2.45) is 0 Å². The molecule has 1 saturated heterocycles. The maximum atomic E-state index is 11.8. The molecule has 4 nitrogen and oxygen atoms in total. The van der Waals surface area contributed by atoms with Crippen LogP contribution in [0.3, 0.4) is 0 Å². The molecule has 1 N–H and O–H groups in total. The van der Waals surface area contributed by atoms with Crippen molar-refractivity contribution < 1.29 is 9.32 Å². The van der Waals surface area contributed by atoms with Crippen LogP contribution in [-0.4, -0.2) is 22.1 Å². The summed E-state index contributed by atoms with van der Waals surface area (Å²) >= 11 is 1.71. The van der Waals surface area contributed by atoms with E-state index in [1.807, 2.05) is 13.8 Å². The highest BCUT2D eigenvalue weighted by Crippen LogP contribution is 2.28. The lowest BCUT2D eigenvalue weighted by atomic mass is 10.2. The maximum absolute atomic E-state index is 11.8. The summed E-state index contributed by atoms with van der Waals surface area (Å²) in [6.45, 7) is 3.75. The van der Waals surface area contributed by atoms with Crippen LogP contribution in [0.1, 0.15) is 24.1 Å². The largest absolute Gasteiger partial charge is 0.338 e. The fourth-order valence-electron chi connectivity index (χ4n) is 1.51. The molecule has 0 aromatic carbocycles. The molecule has 1 unspecified atom stereocenters. The molecule has 0 bridgehead atoms. The molecule has 0 saturated carbocycles. The quantitative estimate of drug-likeness (QED) is 0.839. The molecule has 5 heteroatoms. The Balaban J connectivity index is 2.02. The van der Waals surface area contributed by atoms with Crippen molar-refractivity contribution in [2.75, 3.05) is 11.1 Å². The van der Waals surface area contributed by atoms with Gasteiger partial charge in [0.15, 0.2) is 0 Å². The lowest BCUT2D eigenvalue weighted by Gasteiger charge is -2.07. The highest BCUT2D eigenvalue weighted by atomic mass is 32.2. The van der Waals surface area contributed by atoms with Gasteiger partial charge in [-0.1, -0.05) is 5.16 Å². The van der Waals surface area contributed by atoms with Crippen LogP contribution >= 0.6 is 11.8 Å². The Morgan fingerprint density at radius 3 is 2.93 bits per heavy atom. The molecule has 1 aliphatic rings. The Hall–Kier alpha value is -0.970. The summed E-state index contributed by atoms with van der Waals surface area (Å²) in [5.74, 6) is 1.61. The summed E-state index contributed by atoms with van der Waals surface area (Å²) in [4.78, 5) is 11.8. The summed E-state index contributed by atoms with van der Waals surface area (Å²) in [6, 6.07) is 0. The van der Waals surface area contributed by atoms with E-state index in [2.05, 4.69) is 10.5 Å². The zero-order valence-electron chi connectivity index (χ0n) is 8.87. The lowest BCUT2D eigenvalue weighted by Crippen LogP contribution is -2.22. The Labute approximate surface area is 92.8 Å². The molecular formula is C10H14N2O2S. The minimum absolute atomic E-state index is 0.0387. The third-order valence-corrected chi connectivity index (χ3v) is 3.99. The number of aromatic nitrogens is 1. The minimum atomic E-state index is 0.0387. The van der Waals surface area contributed by atoms with Gasteiger partial charge < -0.3 is 4.52 Å². The molecule has 1 aromatic rings. The number of rotatable bonds is 2. The molecule has 1 aliphatic heterocycles. The van der Waals surface area contributed by atoms with Gasteiger partial charge in [-0.25, -0.2) is 0 Å². The van der Waals surface area contributed by atoms with Crippen LogP contribution < -0.4 is 5.32 Å². The van der Waals surface area contributed by atoms with Gasteiger partial charge in [0.1, 0.15) is 0 Å². The van der Waals surface area contributed by atoms with Crippen LogP contribution in [0.2, 0.25) is 0 Å². The molecule has 0 aliphatic carbocycles. The maximum Gasteiger partial charge on any atom is 0.239 e. The number of carbonyl (C=O) groups is 1. The van der Waals surface area contributed by atoms with E-state index in [1.165, 1.54) is 0 Å². The molecule has 1 atom stereocenters. The smallest absolute Gasteiger partial charge is 0.239 e. The highest BCUT2D eigenvalue weighted by molar-refractivity contribution is 8.00. The number of hydrogen-bond acceptors (Lipinski definition) is 4. The first-order chi connectivity index (χ1) is 7.18. The van der Waals surface area contributed by atoms with Crippen molar-refractivity contribution in [1.29, 1.82) is 0 Å². The average molecular weight is 226 g/mol. The van der Waals surface area contributed by atoms with E-state index in [1.54, 1.807) is 11.8 Å². The number of nitrogens with zero attached hydrogens (tertiary/aromatic N) is 1. The Bertz CT molecular complexity index is 369. The number of carbonyl (C=O) groups excluding carboxylic acids is 1. The van der Waals surface area contributed by atoms with Crippen molar-refractivity contribution in [3.8, 4) is 0 Å². The second-order valence-corrected chi connectivity index (χ2v) is 5.02. The molecule has 0 radical (unpaired) electrons. The van der Waals surface area contributed by atoms with Gasteiger partial charge in [0, 0.05) is 5.56 Å². The average Bonchev–Trinajstić information content (AvgIpc) is 2.83. The van der Waals surface area contributed by atoms with E-state index in [0.717, 1.165) is 29.9 Å². The van der Waals surface area contributed by atoms with E-state index in [4.69, 9.17) is 4.52 Å². The third-order valence-electron chi connectivity index (χ3n) is 2.62. The van der Waals surface area contributed by atoms with E-state index in [0.29, 0.717) is 5.88 Å². The van der Waals surface area contributed by atoms with Crippen LogP contribution in [0.5, 0.6) is 0 Å². The predicted molar refractivity (Wildman–Crippen MR) is 60.1 cm³/mol. The van der Waals surface area contributed by atoms with E-state index >= 15 is 0 Å². The normalized spacial score (nSPS) is 20.5. The summed E-state index contributed by atoms with van der Waals surface area (Å²) in [5.41, 5.74) is 1.73. The fraction of sp³-hybridized carbons (Fsp3) is 0.600. The summed E-state index contributed by atoms with van der Waals surface area (Å²) in [6.07, 6.45) is 2.08. The molecule has 15 heavy (non-hydrogen) atoms. The van der Waals surface area contributed by atoms with Crippen molar-refractivity contribution in [1.82, 2.24) is 5.16 Å². The molecule has 2 rings (SSSR count). The second kappa shape index (κ2) is 4.26. The van der Waals surface area contributed by atoms with Gasteiger partial charge in [-0.2, -0.15) is 0 Å². The van der Waals surface area contributed by atoms with Crippen molar-refractivity contribution >= 4 is 23.6 Å². The lowest BCUT2D eigenvalue weighted by molar-refractivity contribution is -0.115. The number of anilines is 1. The summed E-state index contributed by atoms with van der Waals surface area (Å²) < 4.78 is 5.03. The minimum Gasteiger partial charge on any atom is -0.338 e. The monoisotopic (exact) mass is 226 g/mol. The van der Waals surface area contributed by atoms with Gasteiger partial charge in [0.2, 0.25) is 11.8 Å². The number of hydrogen-bond donors (Lipinski definition) is 1. The topological polar surface area (TPSA) is 55.1 Å². The summed E-state index contributed by atoms with van der Waals surface area (Å²) in [5, 5.41) is 6.66. The Morgan fingerprint density at radius 1 is 1.60 bits per heavy atom. The van der Waals surface area contributed by atoms with Gasteiger partial charge in [0.05, 0.1) is 10.9 Å². The zero-order chi connectivity index (χ0) is 10.8. The first-order valence-electron chi connectivity index (χ1n) is 5.04. The van der Waals surface area contributed by atoms with Crippen LogP contribution in [0.15, 0.2) is 4.52 Å². The van der Waals surface area contributed by atoms with Crippen LogP contribution in [0.25, 0.3) is 0 Å². The number of aryl methyl sites for hydroxylation is 1. The van der Waals surface area contributed by atoms with Crippen molar-refractivity contribution in [3.05, 3.63) is 11.3 Å². The molecule has 1 aromatic heterocycles. The van der Waals surface area contributed by atoms with Gasteiger partial charge in [-0.15, -0.1) is 11.8 Å². The van der Waals surface area contributed by atoms with Crippen molar-refractivity contribution in [3.63, 3.8) is 0 Å². The second-order valence-electron chi connectivity index (χ2n) is 3.71. The predicted octanol–water partition coefficient (Wildman–Crippen LogP) is 2.13. The van der Waals surface area contributed by atoms with E-state index in [9.17, 15) is 4.79 Å². The van der Waals surface area contributed by atoms with Crippen LogP contribution in [0, 0.1) is 13.8 Å². The molecule has 82 valence electrons.